The maximum atomic E-state index is 12.4. The van der Waals surface area contributed by atoms with Gasteiger partial charge in [-0.1, -0.05) is 0 Å². The van der Waals surface area contributed by atoms with Crippen LogP contribution in [0.4, 0.5) is 0 Å². The SMILES string of the molecule is O=S1(=O)CC[C@@H](CNS(=O)(=O)c2ccc3c(c2)OCCCO3)C1. The molecule has 0 aliphatic carbocycles. The van der Waals surface area contributed by atoms with Crippen LogP contribution in [0.5, 0.6) is 11.5 Å². The highest BCUT2D eigenvalue weighted by Gasteiger charge is 2.29. The molecule has 9 heteroatoms. The van der Waals surface area contributed by atoms with E-state index < -0.39 is 19.9 Å². The van der Waals surface area contributed by atoms with Gasteiger partial charge in [-0.15, -0.1) is 0 Å². The van der Waals surface area contributed by atoms with Gasteiger partial charge < -0.3 is 9.47 Å². The van der Waals surface area contributed by atoms with Crippen LogP contribution >= 0.6 is 0 Å². The smallest absolute Gasteiger partial charge is 0.240 e. The van der Waals surface area contributed by atoms with E-state index in [1.165, 1.54) is 12.1 Å². The first kappa shape index (κ1) is 16.5. The van der Waals surface area contributed by atoms with Crippen molar-refractivity contribution in [2.24, 2.45) is 5.92 Å². The minimum atomic E-state index is -3.71. The number of ether oxygens (including phenoxy) is 2. The highest BCUT2D eigenvalue weighted by Crippen LogP contribution is 2.32. The molecule has 2 aliphatic heterocycles. The van der Waals surface area contributed by atoms with Crippen molar-refractivity contribution < 1.29 is 26.3 Å². The molecule has 1 aromatic rings. The predicted octanol–water partition coefficient (Wildman–Crippen LogP) is 0.561. The summed E-state index contributed by atoms with van der Waals surface area (Å²) >= 11 is 0. The molecule has 1 saturated heterocycles. The molecule has 0 spiro atoms. The van der Waals surface area contributed by atoms with E-state index in [1.54, 1.807) is 6.07 Å². The molecule has 1 fully saturated rings. The van der Waals surface area contributed by atoms with Crippen molar-refractivity contribution in [1.29, 1.82) is 0 Å². The van der Waals surface area contributed by atoms with Crippen LogP contribution in [-0.4, -0.2) is 48.1 Å². The van der Waals surface area contributed by atoms with E-state index in [0.717, 1.165) is 6.42 Å². The van der Waals surface area contributed by atoms with E-state index in [1.807, 2.05) is 0 Å². The van der Waals surface area contributed by atoms with Crippen LogP contribution < -0.4 is 14.2 Å². The Morgan fingerprint density at radius 2 is 1.91 bits per heavy atom. The number of nitrogens with one attached hydrogen (secondary N) is 1. The highest BCUT2D eigenvalue weighted by molar-refractivity contribution is 7.91. The Kier molecular flexibility index (Phi) is 4.52. The predicted molar refractivity (Wildman–Crippen MR) is 84.0 cm³/mol. The lowest BCUT2D eigenvalue weighted by Gasteiger charge is -2.12. The summed E-state index contributed by atoms with van der Waals surface area (Å²) < 4.78 is 61.0. The standard InChI is InChI=1S/C14H19NO6S2/c16-22(17)7-4-11(10-22)9-15-23(18,19)12-2-3-13-14(8-12)21-6-1-5-20-13/h2-3,8,11,15H,1,4-7,9-10H2/t11-/m0/s1. The minimum absolute atomic E-state index is 0.0384. The lowest BCUT2D eigenvalue weighted by molar-refractivity contribution is 0.297. The van der Waals surface area contributed by atoms with Crippen molar-refractivity contribution in [3.05, 3.63) is 18.2 Å². The van der Waals surface area contributed by atoms with Gasteiger partial charge in [0.25, 0.3) is 0 Å². The highest BCUT2D eigenvalue weighted by atomic mass is 32.2. The van der Waals surface area contributed by atoms with Gasteiger partial charge in [-0.2, -0.15) is 0 Å². The number of sulfonamides is 1. The molecule has 128 valence electrons. The summed E-state index contributed by atoms with van der Waals surface area (Å²) in [6, 6.07) is 4.48. The monoisotopic (exact) mass is 361 g/mol. The van der Waals surface area contributed by atoms with Gasteiger partial charge in [0.05, 0.1) is 29.6 Å². The van der Waals surface area contributed by atoms with Gasteiger partial charge in [0.2, 0.25) is 10.0 Å². The van der Waals surface area contributed by atoms with Gasteiger partial charge in [-0.25, -0.2) is 21.6 Å². The molecule has 0 radical (unpaired) electrons. The third kappa shape index (κ3) is 3.96. The number of benzene rings is 1. The molecule has 1 aromatic carbocycles. The van der Waals surface area contributed by atoms with E-state index in [-0.39, 0.29) is 28.9 Å². The second kappa shape index (κ2) is 6.29. The Bertz CT molecular complexity index is 787. The van der Waals surface area contributed by atoms with Crippen LogP contribution in [-0.2, 0) is 19.9 Å². The summed E-state index contributed by atoms with van der Waals surface area (Å²) in [7, 11) is -6.73. The van der Waals surface area contributed by atoms with E-state index in [9.17, 15) is 16.8 Å². The number of hydrogen-bond donors (Lipinski definition) is 1. The molecule has 7 nitrogen and oxygen atoms in total. The zero-order valence-electron chi connectivity index (χ0n) is 12.5. The fraction of sp³-hybridized carbons (Fsp3) is 0.571. The summed E-state index contributed by atoms with van der Waals surface area (Å²) in [5.74, 6) is 0.937. The topological polar surface area (TPSA) is 98.8 Å². The summed E-state index contributed by atoms with van der Waals surface area (Å²) in [6.07, 6.45) is 1.23. The summed E-state index contributed by atoms with van der Waals surface area (Å²) in [5, 5.41) is 0. The Hall–Kier alpha value is -1.32. The fourth-order valence-electron chi connectivity index (χ4n) is 2.65. The Morgan fingerprint density at radius 1 is 1.17 bits per heavy atom. The van der Waals surface area contributed by atoms with Crippen molar-refractivity contribution >= 4 is 19.9 Å². The largest absolute Gasteiger partial charge is 0.490 e. The van der Waals surface area contributed by atoms with Crippen molar-refractivity contribution in [2.75, 3.05) is 31.3 Å². The minimum Gasteiger partial charge on any atom is -0.490 e. The first-order valence-electron chi connectivity index (χ1n) is 7.45. The number of hydrogen-bond acceptors (Lipinski definition) is 6. The summed E-state index contributed by atoms with van der Waals surface area (Å²) in [4.78, 5) is 0.0857. The van der Waals surface area contributed by atoms with Crippen molar-refractivity contribution in [2.45, 2.75) is 17.7 Å². The molecule has 23 heavy (non-hydrogen) atoms. The average Bonchev–Trinajstić information content (AvgIpc) is 2.71. The van der Waals surface area contributed by atoms with E-state index in [4.69, 9.17) is 9.47 Å². The van der Waals surface area contributed by atoms with Gasteiger partial charge in [-0.3, -0.25) is 0 Å². The molecule has 1 N–H and O–H groups in total. The maximum absolute atomic E-state index is 12.4. The number of rotatable bonds is 4. The number of fused-ring (bicyclic) bond motifs is 1. The fourth-order valence-corrected chi connectivity index (χ4v) is 5.65. The average molecular weight is 361 g/mol. The van der Waals surface area contributed by atoms with Crippen molar-refractivity contribution in [1.82, 2.24) is 4.72 Å². The lowest BCUT2D eigenvalue weighted by atomic mass is 10.1. The van der Waals surface area contributed by atoms with Gasteiger partial charge in [-0.05, 0) is 24.5 Å². The van der Waals surface area contributed by atoms with E-state index >= 15 is 0 Å². The quantitative estimate of drug-likeness (QED) is 0.841. The van der Waals surface area contributed by atoms with Gasteiger partial charge >= 0.3 is 0 Å². The second-order valence-corrected chi connectivity index (χ2v) is 9.78. The van der Waals surface area contributed by atoms with Crippen molar-refractivity contribution in [3.8, 4) is 11.5 Å². The molecule has 2 aliphatic rings. The van der Waals surface area contributed by atoms with Crippen LogP contribution in [0.15, 0.2) is 23.1 Å². The van der Waals surface area contributed by atoms with Crippen LogP contribution in [0.3, 0.4) is 0 Å². The molecular weight excluding hydrogens is 342 g/mol. The second-order valence-electron chi connectivity index (χ2n) is 5.78. The van der Waals surface area contributed by atoms with Crippen LogP contribution in [0.1, 0.15) is 12.8 Å². The molecular formula is C14H19NO6S2. The molecule has 3 rings (SSSR count). The van der Waals surface area contributed by atoms with E-state index in [2.05, 4.69) is 4.72 Å². The van der Waals surface area contributed by atoms with Crippen LogP contribution in [0.2, 0.25) is 0 Å². The Morgan fingerprint density at radius 3 is 2.61 bits per heavy atom. The molecule has 1 atom stereocenters. The summed E-state index contributed by atoms with van der Waals surface area (Å²) in [6.45, 7) is 1.13. The maximum Gasteiger partial charge on any atom is 0.240 e. The van der Waals surface area contributed by atoms with Crippen LogP contribution in [0.25, 0.3) is 0 Å². The zero-order valence-corrected chi connectivity index (χ0v) is 14.2. The molecule has 2 heterocycles. The zero-order chi connectivity index (χ0) is 16.5. The lowest BCUT2D eigenvalue weighted by Crippen LogP contribution is -2.30. The molecule has 0 unspecified atom stereocenters. The third-order valence-electron chi connectivity index (χ3n) is 3.92. The first-order chi connectivity index (χ1) is 10.9. The molecule has 0 amide bonds. The van der Waals surface area contributed by atoms with E-state index in [0.29, 0.717) is 31.1 Å². The van der Waals surface area contributed by atoms with Gasteiger partial charge in [0, 0.05) is 19.0 Å². The molecule has 0 bridgehead atoms. The molecule has 0 aromatic heterocycles. The Labute approximate surface area is 136 Å². The Balaban J connectivity index is 1.71. The summed E-state index contributed by atoms with van der Waals surface area (Å²) in [5.41, 5.74) is 0. The van der Waals surface area contributed by atoms with Gasteiger partial charge in [0.1, 0.15) is 0 Å². The first-order valence-corrected chi connectivity index (χ1v) is 10.8. The molecule has 0 saturated carbocycles. The normalized spacial score (nSPS) is 23.4. The third-order valence-corrected chi connectivity index (χ3v) is 7.18. The van der Waals surface area contributed by atoms with Crippen molar-refractivity contribution in [3.63, 3.8) is 0 Å². The van der Waals surface area contributed by atoms with Crippen LogP contribution in [0, 0.1) is 5.92 Å². The van der Waals surface area contributed by atoms with Gasteiger partial charge in [0.15, 0.2) is 21.3 Å². The number of sulfone groups is 1.